The van der Waals surface area contributed by atoms with Crippen LogP contribution < -0.4 is 5.32 Å². The van der Waals surface area contributed by atoms with Crippen LogP contribution in [0.3, 0.4) is 0 Å². The molecule has 3 rings (SSSR count). The van der Waals surface area contributed by atoms with Crippen LogP contribution in [0.25, 0.3) is 20.9 Å². The van der Waals surface area contributed by atoms with Crippen molar-refractivity contribution in [1.82, 2.24) is 15.2 Å². The summed E-state index contributed by atoms with van der Waals surface area (Å²) in [7, 11) is 0. The molecule has 0 aliphatic carbocycles. The predicted molar refractivity (Wildman–Crippen MR) is 86.7 cm³/mol. The number of rotatable bonds is 4. The van der Waals surface area contributed by atoms with Gasteiger partial charge in [-0.1, -0.05) is 12.1 Å². The number of carbonyl (C=O) groups is 1. The molecule has 0 fully saturated rings. The van der Waals surface area contributed by atoms with E-state index in [1.54, 1.807) is 20.0 Å². The van der Waals surface area contributed by atoms with E-state index in [4.69, 9.17) is 0 Å². The molecule has 0 atom stereocenters. The average molecular weight is 316 g/mol. The number of carbonyl (C=O) groups excluding carboxylic acids is 1. The SMILES string of the molecule is CC(C)(CO)C(=O)Nc1c[nH]nc1-c1nc2ccccc2s1. The summed E-state index contributed by atoms with van der Waals surface area (Å²) in [6.45, 7) is 3.13. The van der Waals surface area contributed by atoms with Crippen molar-refractivity contribution in [2.75, 3.05) is 11.9 Å². The molecular formula is C15H16N4O2S. The number of benzene rings is 1. The van der Waals surface area contributed by atoms with Gasteiger partial charge >= 0.3 is 0 Å². The van der Waals surface area contributed by atoms with Gasteiger partial charge in [-0.05, 0) is 26.0 Å². The molecule has 3 N–H and O–H groups in total. The number of nitrogens with one attached hydrogen (secondary N) is 2. The molecule has 3 aromatic rings. The van der Waals surface area contributed by atoms with Crippen LogP contribution >= 0.6 is 11.3 Å². The highest BCUT2D eigenvalue weighted by Gasteiger charge is 2.28. The molecule has 114 valence electrons. The summed E-state index contributed by atoms with van der Waals surface area (Å²) in [5.41, 5.74) is 1.20. The molecule has 0 unspecified atom stereocenters. The molecule has 2 heterocycles. The molecule has 1 aromatic carbocycles. The third-order valence-corrected chi connectivity index (χ3v) is 4.44. The molecule has 0 saturated heterocycles. The van der Waals surface area contributed by atoms with E-state index in [1.807, 2.05) is 24.3 Å². The third kappa shape index (κ3) is 2.60. The molecule has 0 aliphatic rings. The van der Waals surface area contributed by atoms with Gasteiger partial charge in [-0.15, -0.1) is 11.3 Å². The number of hydrogen-bond acceptors (Lipinski definition) is 5. The van der Waals surface area contributed by atoms with Gasteiger partial charge in [0.15, 0.2) is 0 Å². The number of aliphatic hydroxyl groups excluding tert-OH is 1. The second kappa shape index (κ2) is 5.51. The Labute approximate surface area is 131 Å². The molecule has 6 nitrogen and oxygen atoms in total. The first-order valence-corrected chi connectivity index (χ1v) is 7.65. The van der Waals surface area contributed by atoms with Crippen molar-refractivity contribution >= 4 is 33.1 Å². The summed E-state index contributed by atoms with van der Waals surface area (Å²) in [5.74, 6) is -0.265. The molecule has 2 aromatic heterocycles. The number of anilines is 1. The standard InChI is InChI=1S/C15H16N4O2S/c1-15(2,8-20)14(21)18-10-7-16-19-12(10)13-17-9-5-3-4-6-11(9)22-13/h3-7,20H,8H2,1-2H3,(H,16,19)(H,18,21). The van der Waals surface area contributed by atoms with E-state index >= 15 is 0 Å². The van der Waals surface area contributed by atoms with Gasteiger partial charge in [0.05, 0.1) is 27.9 Å². The number of amides is 1. The first-order chi connectivity index (χ1) is 10.5. The van der Waals surface area contributed by atoms with Crippen LogP contribution in [0.2, 0.25) is 0 Å². The van der Waals surface area contributed by atoms with E-state index in [0.717, 1.165) is 15.2 Å². The van der Waals surface area contributed by atoms with Crippen LogP contribution in [0, 0.1) is 5.41 Å². The summed E-state index contributed by atoms with van der Waals surface area (Å²) in [6.07, 6.45) is 1.62. The number of aromatic amines is 1. The highest BCUT2D eigenvalue weighted by atomic mass is 32.1. The molecule has 0 radical (unpaired) electrons. The van der Waals surface area contributed by atoms with Crippen molar-refractivity contribution in [2.45, 2.75) is 13.8 Å². The van der Waals surface area contributed by atoms with E-state index in [1.165, 1.54) is 11.3 Å². The topological polar surface area (TPSA) is 90.9 Å². The number of nitrogens with zero attached hydrogens (tertiary/aromatic N) is 2. The fourth-order valence-corrected chi connectivity index (χ4v) is 2.85. The quantitative estimate of drug-likeness (QED) is 0.690. The first kappa shape index (κ1) is 14.7. The maximum absolute atomic E-state index is 12.2. The van der Waals surface area contributed by atoms with E-state index in [-0.39, 0.29) is 12.5 Å². The fourth-order valence-electron chi connectivity index (χ4n) is 1.89. The minimum absolute atomic E-state index is 0.229. The minimum Gasteiger partial charge on any atom is -0.395 e. The van der Waals surface area contributed by atoms with Gasteiger partial charge in [0.25, 0.3) is 0 Å². The Morgan fingerprint density at radius 3 is 2.91 bits per heavy atom. The number of H-pyrrole nitrogens is 1. The lowest BCUT2D eigenvalue weighted by Crippen LogP contribution is -2.33. The predicted octanol–water partition coefficient (Wildman–Crippen LogP) is 2.64. The highest BCUT2D eigenvalue weighted by Crippen LogP contribution is 2.33. The Hall–Kier alpha value is -2.25. The Bertz CT molecular complexity index is 789. The van der Waals surface area contributed by atoms with Crippen molar-refractivity contribution < 1.29 is 9.90 Å². The Kier molecular flexibility index (Phi) is 3.67. The van der Waals surface area contributed by atoms with Crippen LogP contribution in [-0.4, -0.2) is 32.8 Å². The normalized spacial score (nSPS) is 11.8. The second-order valence-electron chi connectivity index (χ2n) is 5.63. The van der Waals surface area contributed by atoms with Crippen LogP contribution in [-0.2, 0) is 4.79 Å². The van der Waals surface area contributed by atoms with Gasteiger partial charge in [0, 0.05) is 6.20 Å². The molecule has 0 bridgehead atoms. The zero-order chi connectivity index (χ0) is 15.7. The number of hydrogen-bond donors (Lipinski definition) is 3. The van der Waals surface area contributed by atoms with Crippen molar-refractivity contribution in [3.63, 3.8) is 0 Å². The van der Waals surface area contributed by atoms with Crippen LogP contribution in [0.15, 0.2) is 30.5 Å². The van der Waals surface area contributed by atoms with Gasteiger partial charge in [0.1, 0.15) is 10.7 Å². The van der Waals surface area contributed by atoms with Crippen molar-refractivity contribution in [2.24, 2.45) is 5.41 Å². The van der Waals surface area contributed by atoms with E-state index in [9.17, 15) is 9.90 Å². The van der Waals surface area contributed by atoms with Crippen LogP contribution in [0.5, 0.6) is 0 Å². The molecule has 22 heavy (non-hydrogen) atoms. The smallest absolute Gasteiger partial charge is 0.232 e. The number of aliphatic hydroxyl groups is 1. The molecule has 0 spiro atoms. The largest absolute Gasteiger partial charge is 0.395 e. The summed E-state index contributed by atoms with van der Waals surface area (Å²) in [5, 5.41) is 19.8. The first-order valence-electron chi connectivity index (χ1n) is 6.83. The van der Waals surface area contributed by atoms with Gasteiger partial charge in [0.2, 0.25) is 5.91 Å². The van der Waals surface area contributed by atoms with Crippen molar-refractivity contribution in [3.8, 4) is 10.7 Å². The Balaban J connectivity index is 1.93. The molecule has 0 aliphatic heterocycles. The average Bonchev–Trinajstić information content (AvgIpc) is 3.12. The highest BCUT2D eigenvalue weighted by molar-refractivity contribution is 7.21. The lowest BCUT2D eigenvalue weighted by Gasteiger charge is -2.20. The monoisotopic (exact) mass is 316 g/mol. The molecular weight excluding hydrogens is 300 g/mol. The maximum atomic E-state index is 12.2. The van der Waals surface area contributed by atoms with E-state index in [0.29, 0.717) is 11.4 Å². The van der Waals surface area contributed by atoms with E-state index < -0.39 is 5.41 Å². The summed E-state index contributed by atoms with van der Waals surface area (Å²) in [6, 6.07) is 7.83. The fraction of sp³-hybridized carbons (Fsp3) is 0.267. The maximum Gasteiger partial charge on any atom is 0.232 e. The van der Waals surface area contributed by atoms with E-state index in [2.05, 4.69) is 20.5 Å². The Morgan fingerprint density at radius 2 is 2.18 bits per heavy atom. The molecule has 7 heteroatoms. The van der Waals surface area contributed by atoms with Gasteiger partial charge in [-0.2, -0.15) is 5.10 Å². The van der Waals surface area contributed by atoms with Crippen LogP contribution in [0.1, 0.15) is 13.8 Å². The Morgan fingerprint density at radius 1 is 1.41 bits per heavy atom. The summed E-state index contributed by atoms with van der Waals surface area (Å²) >= 11 is 1.52. The summed E-state index contributed by atoms with van der Waals surface area (Å²) < 4.78 is 1.06. The molecule has 1 amide bonds. The number of thiazole rings is 1. The second-order valence-corrected chi connectivity index (χ2v) is 6.66. The van der Waals surface area contributed by atoms with Gasteiger partial charge in [-0.3, -0.25) is 9.89 Å². The van der Waals surface area contributed by atoms with Crippen molar-refractivity contribution in [1.29, 1.82) is 0 Å². The molecule has 0 saturated carbocycles. The number of fused-ring (bicyclic) bond motifs is 1. The summed E-state index contributed by atoms with van der Waals surface area (Å²) in [4.78, 5) is 16.7. The van der Waals surface area contributed by atoms with Gasteiger partial charge < -0.3 is 10.4 Å². The lowest BCUT2D eigenvalue weighted by atomic mass is 9.94. The number of aromatic nitrogens is 3. The lowest BCUT2D eigenvalue weighted by molar-refractivity contribution is -0.125. The van der Waals surface area contributed by atoms with Gasteiger partial charge in [-0.25, -0.2) is 4.98 Å². The van der Waals surface area contributed by atoms with Crippen molar-refractivity contribution in [3.05, 3.63) is 30.5 Å². The third-order valence-electron chi connectivity index (χ3n) is 3.39. The number of para-hydroxylation sites is 1. The minimum atomic E-state index is -0.859. The zero-order valence-electron chi connectivity index (χ0n) is 12.3. The van der Waals surface area contributed by atoms with Crippen LogP contribution in [0.4, 0.5) is 5.69 Å². The zero-order valence-corrected chi connectivity index (χ0v) is 13.1.